The molecule has 0 bridgehead atoms. The predicted molar refractivity (Wildman–Crippen MR) is 74.3 cm³/mol. The molecule has 0 spiro atoms. The molecule has 1 rings (SSSR count). The molecule has 0 aromatic heterocycles. The normalized spacial score (nSPS) is 19.3. The topological polar surface area (TPSA) is 55.1 Å². The number of nitrogens with two attached hydrogens (primary N) is 1. The average molecular weight is 263 g/mol. The molecule has 1 amide bonds. The molecule has 1 fully saturated rings. The van der Waals surface area contributed by atoms with E-state index in [0.717, 1.165) is 6.42 Å². The van der Waals surface area contributed by atoms with E-state index in [1.54, 1.807) is 0 Å². The number of rotatable bonds is 3. The Hall–Kier alpha value is -0.280. The fourth-order valence-corrected chi connectivity index (χ4v) is 2.35. The maximum absolute atomic E-state index is 11.8. The van der Waals surface area contributed by atoms with Crippen molar-refractivity contribution >= 4 is 18.3 Å². The molecule has 0 aromatic rings. The molecule has 1 saturated carbocycles. The third kappa shape index (κ3) is 6.89. The zero-order chi connectivity index (χ0) is 12.2. The fraction of sp³-hybridized carbons (Fsp3) is 0.923. The van der Waals surface area contributed by atoms with Gasteiger partial charge in [0.15, 0.2) is 0 Å². The van der Waals surface area contributed by atoms with Gasteiger partial charge in [-0.2, -0.15) is 0 Å². The second-order valence-corrected chi connectivity index (χ2v) is 6.09. The molecule has 1 aliphatic rings. The molecule has 4 heteroatoms. The van der Waals surface area contributed by atoms with E-state index in [2.05, 4.69) is 5.32 Å². The van der Waals surface area contributed by atoms with Gasteiger partial charge >= 0.3 is 0 Å². The highest BCUT2D eigenvalue weighted by atomic mass is 35.5. The lowest BCUT2D eigenvalue weighted by molar-refractivity contribution is -0.124. The van der Waals surface area contributed by atoms with Crippen molar-refractivity contribution in [2.45, 2.75) is 70.9 Å². The first kappa shape index (κ1) is 16.7. The molecular weight excluding hydrogens is 236 g/mol. The standard InChI is InChI=1S/C13H26N2O.ClH/c1-13(2,3)15-12(16)11(14)9-10-7-5-4-6-8-10;/h10-11H,4-9,14H2,1-3H3,(H,15,16);1H. The number of hydrogen-bond donors (Lipinski definition) is 2. The van der Waals surface area contributed by atoms with Gasteiger partial charge in [0.1, 0.15) is 0 Å². The van der Waals surface area contributed by atoms with Crippen molar-refractivity contribution in [3.05, 3.63) is 0 Å². The van der Waals surface area contributed by atoms with Crippen LogP contribution in [0.15, 0.2) is 0 Å². The number of nitrogens with one attached hydrogen (secondary N) is 1. The Kier molecular flexibility index (Phi) is 7.10. The van der Waals surface area contributed by atoms with E-state index in [9.17, 15) is 4.79 Å². The fourth-order valence-electron chi connectivity index (χ4n) is 2.35. The van der Waals surface area contributed by atoms with Crippen molar-refractivity contribution in [1.29, 1.82) is 0 Å². The monoisotopic (exact) mass is 262 g/mol. The Morgan fingerprint density at radius 3 is 2.29 bits per heavy atom. The first-order chi connectivity index (χ1) is 7.38. The largest absolute Gasteiger partial charge is 0.350 e. The van der Waals surface area contributed by atoms with Gasteiger partial charge < -0.3 is 11.1 Å². The lowest BCUT2D eigenvalue weighted by Crippen LogP contribution is -2.49. The Balaban J connectivity index is 0.00000256. The van der Waals surface area contributed by atoms with Crippen LogP contribution in [0.2, 0.25) is 0 Å². The van der Waals surface area contributed by atoms with Crippen molar-refractivity contribution < 1.29 is 4.79 Å². The third-order valence-corrected chi connectivity index (χ3v) is 3.15. The number of carbonyl (C=O) groups excluding carboxylic acids is 1. The molecule has 0 radical (unpaired) electrons. The van der Waals surface area contributed by atoms with Crippen molar-refractivity contribution in [3.63, 3.8) is 0 Å². The Morgan fingerprint density at radius 2 is 1.82 bits per heavy atom. The third-order valence-electron chi connectivity index (χ3n) is 3.15. The minimum atomic E-state index is -0.331. The number of halogens is 1. The van der Waals surface area contributed by atoms with E-state index in [0.29, 0.717) is 5.92 Å². The second kappa shape index (κ2) is 7.22. The quantitative estimate of drug-likeness (QED) is 0.822. The zero-order valence-electron chi connectivity index (χ0n) is 11.3. The SMILES string of the molecule is CC(C)(C)NC(=O)C(N)CC1CCCCC1.Cl. The van der Waals surface area contributed by atoms with Crippen LogP contribution in [0.25, 0.3) is 0 Å². The zero-order valence-corrected chi connectivity index (χ0v) is 12.1. The molecule has 3 nitrogen and oxygen atoms in total. The van der Waals surface area contributed by atoms with Gasteiger partial charge in [-0.1, -0.05) is 32.1 Å². The lowest BCUT2D eigenvalue weighted by Gasteiger charge is -2.27. The maximum Gasteiger partial charge on any atom is 0.237 e. The minimum Gasteiger partial charge on any atom is -0.350 e. The van der Waals surface area contributed by atoms with Crippen LogP contribution in [-0.2, 0) is 4.79 Å². The molecule has 1 unspecified atom stereocenters. The van der Waals surface area contributed by atoms with E-state index in [1.807, 2.05) is 20.8 Å². The smallest absolute Gasteiger partial charge is 0.237 e. The molecular formula is C13H27ClN2O. The average Bonchev–Trinajstić information content (AvgIpc) is 2.16. The molecule has 0 heterocycles. The second-order valence-electron chi connectivity index (χ2n) is 6.09. The Morgan fingerprint density at radius 1 is 1.29 bits per heavy atom. The van der Waals surface area contributed by atoms with E-state index in [1.165, 1.54) is 32.1 Å². The molecule has 17 heavy (non-hydrogen) atoms. The van der Waals surface area contributed by atoms with Crippen molar-refractivity contribution in [3.8, 4) is 0 Å². The highest BCUT2D eigenvalue weighted by Crippen LogP contribution is 2.27. The van der Waals surface area contributed by atoms with Crippen molar-refractivity contribution in [2.75, 3.05) is 0 Å². The molecule has 3 N–H and O–H groups in total. The summed E-state index contributed by atoms with van der Waals surface area (Å²) < 4.78 is 0. The Bertz CT molecular complexity index is 232. The van der Waals surface area contributed by atoms with Crippen LogP contribution in [0.4, 0.5) is 0 Å². The molecule has 1 aliphatic carbocycles. The summed E-state index contributed by atoms with van der Waals surface area (Å²) in [5.74, 6) is 0.660. The maximum atomic E-state index is 11.8. The Labute approximate surface area is 111 Å². The van der Waals surface area contributed by atoms with Gasteiger partial charge in [-0.15, -0.1) is 12.4 Å². The van der Waals surface area contributed by atoms with Gasteiger partial charge in [-0.05, 0) is 33.1 Å². The van der Waals surface area contributed by atoms with Gasteiger partial charge in [0.05, 0.1) is 6.04 Å². The predicted octanol–water partition coefficient (Wildman–Crippen LogP) is 2.62. The number of carbonyl (C=O) groups is 1. The van der Waals surface area contributed by atoms with E-state index < -0.39 is 0 Å². The minimum absolute atomic E-state index is 0. The van der Waals surface area contributed by atoms with Crippen LogP contribution >= 0.6 is 12.4 Å². The first-order valence-corrected chi connectivity index (χ1v) is 6.46. The van der Waals surface area contributed by atoms with Crippen molar-refractivity contribution in [1.82, 2.24) is 5.32 Å². The molecule has 0 aliphatic heterocycles. The van der Waals surface area contributed by atoms with Gasteiger partial charge in [0.2, 0.25) is 5.91 Å². The summed E-state index contributed by atoms with van der Waals surface area (Å²) in [4.78, 5) is 11.8. The number of hydrogen-bond acceptors (Lipinski definition) is 2. The number of amides is 1. The van der Waals surface area contributed by atoms with E-state index in [-0.39, 0.29) is 29.9 Å². The molecule has 0 aromatic carbocycles. The summed E-state index contributed by atoms with van der Waals surface area (Å²) in [6.45, 7) is 5.95. The van der Waals surface area contributed by atoms with Gasteiger partial charge in [-0.3, -0.25) is 4.79 Å². The van der Waals surface area contributed by atoms with Gasteiger partial charge in [0, 0.05) is 5.54 Å². The van der Waals surface area contributed by atoms with Crippen LogP contribution in [-0.4, -0.2) is 17.5 Å². The van der Waals surface area contributed by atoms with Crippen LogP contribution < -0.4 is 11.1 Å². The van der Waals surface area contributed by atoms with Crippen LogP contribution in [0.5, 0.6) is 0 Å². The highest BCUT2D eigenvalue weighted by Gasteiger charge is 2.23. The lowest BCUT2D eigenvalue weighted by atomic mass is 9.84. The van der Waals surface area contributed by atoms with Crippen molar-refractivity contribution in [2.24, 2.45) is 11.7 Å². The van der Waals surface area contributed by atoms with Gasteiger partial charge in [-0.25, -0.2) is 0 Å². The molecule has 102 valence electrons. The summed E-state index contributed by atoms with van der Waals surface area (Å²) >= 11 is 0. The summed E-state index contributed by atoms with van der Waals surface area (Å²) in [6.07, 6.45) is 7.30. The van der Waals surface area contributed by atoms with Crippen LogP contribution in [0.3, 0.4) is 0 Å². The summed E-state index contributed by atoms with van der Waals surface area (Å²) in [5, 5.41) is 2.94. The summed E-state index contributed by atoms with van der Waals surface area (Å²) in [7, 11) is 0. The van der Waals surface area contributed by atoms with Gasteiger partial charge in [0.25, 0.3) is 0 Å². The van der Waals surface area contributed by atoms with Crippen LogP contribution in [0, 0.1) is 5.92 Å². The summed E-state index contributed by atoms with van der Waals surface area (Å²) in [5.41, 5.74) is 5.76. The van der Waals surface area contributed by atoms with Crippen LogP contribution in [0.1, 0.15) is 59.3 Å². The highest BCUT2D eigenvalue weighted by molar-refractivity contribution is 5.85. The summed E-state index contributed by atoms with van der Waals surface area (Å²) in [6, 6.07) is -0.331. The first-order valence-electron chi connectivity index (χ1n) is 6.46. The van der Waals surface area contributed by atoms with E-state index in [4.69, 9.17) is 5.73 Å². The molecule has 1 atom stereocenters. The van der Waals surface area contributed by atoms with E-state index >= 15 is 0 Å². The molecule has 0 saturated heterocycles.